The van der Waals surface area contributed by atoms with Crippen molar-refractivity contribution in [1.29, 1.82) is 0 Å². The Morgan fingerprint density at radius 3 is 2.45 bits per heavy atom. The minimum Gasteiger partial charge on any atom is -0.348 e. The van der Waals surface area contributed by atoms with E-state index in [1.165, 1.54) is 6.42 Å². The Morgan fingerprint density at radius 1 is 1.18 bits per heavy atom. The van der Waals surface area contributed by atoms with Crippen LogP contribution in [0.5, 0.6) is 0 Å². The summed E-state index contributed by atoms with van der Waals surface area (Å²) in [6.07, 6.45) is 5.34. The van der Waals surface area contributed by atoms with Gasteiger partial charge in [-0.2, -0.15) is 0 Å². The maximum absolute atomic E-state index is 12.0. The van der Waals surface area contributed by atoms with E-state index in [1.54, 1.807) is 0 Å². The van der Waals surface area contributed by atoms with E-state index in [0.717, 1.165) is 35.7 Å². The molecular formula is C17H23BrN2O2. The maximum atomic E-state index is 12.0. The van der Waals surface area contributed by atoms with Gasteiger partial charge >= 0.3 is 0 Å². The van der Waals surface area contributed by atoms with Gasteiger partial charge in [-0.1, -0.05) is 47.3 Å². The third kappa shape index (κ3) is 5.13. The van der Waals surface area contributed by atoms with E-state index in [9.17, 15) is 9.59 Å². The molecule has 0 radical (unpaired) electrons. The van der Waals surface area contributed by atoms with Gasteiger partial charge in [0.05, 0.1) is 12.6 Å². The summed E-state index contributed by atoms with van der Waals surface area (Å²) in [5.74, 6) is -0.0452. The molecule has 4 nitrogen and oxygen atoms in total. The standard InChI is InChI=1S/C17H23BrN2O2/c1-12(13-7-9-15(18)10-8-13)20-16(21)11-19-17(22)14-5-3-2-4-6-14/h7-10,12,14H,2-6,11H2,1H3,(H,19,22)(H,20,21). The molecule has 5 heteroatoms. The summed E-state index contributed by atoms with van der Waals surface area (Å²) in [6, 6.07) is 7.75. The van der Waals surface area contributed by atoms with Crippen LogP contribution in [0.25, 0.3) is 0 Å². The van der Waals surface area contributed by atoms with Crippen LogP contribution in [0.15, 0.2) is 28.7 Å². The number of carbonyl (C=O) groups is 2. The van der Waals surface area contributed by atoms with Gasteiger partial charge in [-0.3, -0.25) is 9.59 Å². The van der Waals surface area contributed by atoms with Crippen LogP contribution >= 0.6 is 15.9 Å². The lowest BCUT2D eigenvalue weighted by molar-refractivity contribution is -0.129. The van der Waals surface area contributed by atoms with Crippen LogP contribution in [0, 0.1) is 5.92 Å². The zero-order valence-corrected chi connectivity index (χ0v) is 14.5. The van der Waals surface area contributed by atoms with Gasteiger partial charge in [-0.05, 0) is 37.5 Å². The van der Waals surface area contributed by atoms with Crippen molar-refractivity contribution in [3.63, 3.8) is 0 Å². The third-order valence-electron chi connectivity index (χ3n) is 4.15. The van der Waals surface area contributed by atoms with Crippen molar-refractivity contribution in [2.75, 3.05) is 6.54 Å². The lowest BCUT2D eigenvalue weighted by Gasteiger charge is -2.21. The highest BCUT2D eigenvalue weighted by atomic mass is 79.9. The number of hydrogen-bond acceptors (Lipinski definition) is 2. The molecule has 1 aromatic rings. The summed E-state index contributed by atoms with van der Waals surface area (Å²) in [4.78, 5) is 23.9. The lowest BCUT2D eigenvalue weighted by Crippen LogP contribution is -2.40. The number of rotatable bonds is 5. The number of benzene rings is 1. The molecule has 0 saturated heterocycles. The molecule has 1 aliphatic rings. The first-order valence-corrected chi connectivity index (χ1v) is 8.68. The van der Waals surface area contributed by atoms with Crippen molar-refractivity contribution < 1.29 is 9.59 Å². The summed E-state index contributed by atoms with van der Waals surface area (Å²) < 4.78 is 1.01. The fourth-order valence-electron chi connectivity index (χ4n) is 2.80. The van der Waals surface area contributed by atoms with Gasteiger partial charge in [0.2, 0.25) is 11.8 Å². The summed E-state index contributed by atoms with van der Waals surface area (Å²) in [7, 11) is 0. The van der Waals surface area contributed by atoms with E-state index in [1.807, 2.05) is 31.2 Å². The Hall–Kier alpha value is -1.36. The molecule has 1 unspecified atom stereocenters. The van der Waals surface area contributed by atoms with E-state index in [2.05, 4.69) is 26.6 Å². The number of carbonyl (C=O) groups excluding carboxylic acids is 2. The number of nitrogens with one attached hydrogen (secondary N) is 2. The van der Waals surface area contributed by atoms with Crippen molar-refractivity contribution in [2.45, 2.75) is 45.1 Å². The molecule has 2 rings (SSSR count). The van der Waals surface area contributed by atoms with Gasteiger partial charge in [0, 0.05) is 10.4 Å². The molecule has 0 spiro atoms. The van der Waals surface area contributed by atoms with Gasteiger partial charge in [0.1, 0.15) is 0 Å². The van der Waals surface area contributed by atoms with Crippen LogP contribution in [0.3, 0.4) is 0 Å². The smallest absolute Gasteiger partial charge is 0.239 e. The number of hydrogen-bond donors (Lipinski definition) is 2. The van der Waals surface area contributed by atoms with Crippen molar-refractivity contribution in [2.24, 2.45) is 5.92 Å². The predicted molar refractivity (Wildman–Crippen MR) is 90.3 cm³/mol. The largest absolute Gasteiger partial charge is 0.348 e. The predicted octanol–water partition coefficient (Wildman–Crippen LogP) is 3.32. The van der Waals surface area contributed by atoms with E-state index in [0.29, 0.717) is 0 Å². The molecule has 0 aromatic heterocycles. The van der Waals surface area contributed by atoms with Crippen LogP contribution in [-0.4, -0.2) is 18.4 Å². The molecule has 2 amide bonds. The van der Waals surface area contributed by atoms with E-state index >= 15 is 0 Å². The molecule has 1 fully saturated rings. The summed E-state index contributed by atoms with van der Waals surface area (Å²) in [5.41, 5.74) is 1.04. The highest BCUT2D eigenvalue weighted by molar-refractivity contribution is 9.10. The molecule has 0 bridgehead atoms. The fourth-order valence-corrected chi connectivity index (χ4v) is 3.07. The Balaban J connectivity index is 1.75. The topological polar surface area (TPSA) is 58.2 Å². The minimum absolute atomic E-state index is 0.0196. The second-order valence-electron chi connectivity index (χ2n) is 5.89. The SMILES string of the molecule is CC(NC(=O)CNC(=O)C1CCCCC1)c1ccc(Br)cc1. The second kappa shape index (κ2) is 8.32. The van der Waals surface area contributed by atoms with Crippen LogP contribution in [0.2, 0.25) is 0 Å². The third-order valence-corrected chi connectivity index (χ3v) is 4.68. The highest BCUT2D eigenvalue weighted by Gasteiger charge is 2.21. The first-order valence-electron chi connectivity index (χ1n) is 7.89. The van der Waals surface area contributed by atoms with Gasteiger partial charge in [-0.15, -0.1) is 0 Å². The van der Waals surface area contributed by atoms with Crippen molar-refractivity contribution in [1.82, 2.24) is 10.6 Å². The van der Waals surface area contributed by atoms with Crippen LogP contribution < -0.4 is 10.6 Å². The molecule has 1 saturated carbocycles. The lowest BCUT2D eigenvalue weighted by atomic mass is 9.89. The molecule has 22 heavy (non-hydrogen) atoms. The molecule has 1 aromatic carbocycles. The average molecular weight is 367 g/mol. The monoisotopic (exact) mass is 366 g/mol. The van der Waals surface area contributed by atoms with E-state index < -0.39 is 0 Å². The van der Waals surface area contributed by atoms with Crippen LogP contribution in [0.4, 0.5) is 0 Å². The Morgan fingerprint density at radius 2 is 1.82 bits per heavy atom. The Labute approximate surface area is 140 Å². The van der Waals surface area contributed by atoms with E-state index in [4.69, 9.17) is 0 Å². The zero-order chi connectivity index (χ0) is 15.9. The van der Waals surface area contributed by atoms with Crippen molar-refractivity contribution in [3.8, 4) is 0 Å². The fraction of sp³-hybridized carbons (Fsp3) is 0.529. The summed E-state index contributed by atoms with van der Waals surface area (Å²) in [6.45, 7) is 1.99. The second-order valence-corrected chi connectivity index (χ2v) is 6.81. The van der Waals surface area contributed by atoms with Gasteiger partial charge in [0.25, 0.3) is 0 Å². The first-order chi connectivity index (χ1) is 10.6. The molecule has 0 heterocycles. The molecule has 1 aliphatic carbocycles. The quantitative estimate of drug-likeness (QED) is 0.839. The van der Waals surface area contributed by atoms with Crippen molar-refractivity contribution >= 4 is 27.7 Å². The highest BCUT2D eigenvalue weighted by Crippen LogP contribution is 2.23. The normalized spacial score (nSPS) is 16.8. The summed E-state index contributed by atoms with van der Waals surface area (Å²) >= 11 is 3.39. The number of amides is 2. The van der Waals surface area contributed by atoms with Crippen LogP contribution in [-0.2, 0) is 9.59 Å². The zero-order valence-electron chi connectivity index (χ0n) is 12.9. The van der Waals surface area contributed by atoms with Gasteiger partial charge in [0.15, 0.2) is 0 Å². The summed E-state index contributed by atoms with van der Waals surface area (Å²) in [5, 5.41) is 5.66. The van der Waals surface area contributed by atoms with Crippen LogP contribution in [0.1, 0.15) is 50.6 Å². The van der Waals surface area contributed by atoms with Gasteiger partial charge in [-0.25, -0.2) is 0 Å². The molecule has 2 N–H and O–H groups in total. The van der Waals surface area contributed by atoms with Gasteiger partial charge < -0.3 is 10.6 Å². The average Bonchev–Trinajstić information content (AvgIpc) is 2.54. The van der Waals surface area contributed by atoms with Crippen molar-refractivity contribution in [3.05, 3.63) is 34.3 Å². The maximum Gasteiger partial charge on any atom is 0.239 e. The Kier molecular flexibility index (Phi) is 6.43. The number of halogens is 1. The first kappa shape index (κ1) is 17.0. The molecular weight excluding hydrogens is 344 g/mol. The Bertz CT molecular complexity index is 510. The molecule has 120 valence electrons. The minimum atomic E-state index is -0.153. The van der Waals surface area contributed by atoms with E-state index in [-0.39, 0.29) is 30.3 Å². The molecule has 1 atom stereocenters. The molecule has 0 aliphatic heterocycles.